The number of likely N-dealkylation sites (N-methyl/N-ethyl adjacent to an activating group) is 1. The van der Waals surface area contributed by atoms with Crippen LogP contribution < -0.4 is 20.7 Å². The number of aliphatic hydroxyl groups is 3. The Hall–Kier alpha value is -6.14. The fourth-order valence-electron chi connectivity index (χ4n) is 7.72. The number of Topliss-reactive ketones (excluding diaryl/α,β-unsaturated/α-hetero) is 2. The number of hydrogen-bond donors (Lipinski definition) is 6. The first-order chi connectivity index (χ1) is 26.6. The molecule has 0 spiro atoms. The van der Waals surface area contributed by atoms with Crippen molar-refractivity contribution in [3.63, 3.8) is 0 Å². The largest absolute Gasteiger partial charge is 0.510 e. The topological polar surface area (TPSA) is 259 Å². The van der Waals surface area contributed by atoms with Gasteiger partial charge in [-0.1, -0.05) is 0 Å². The molecule has 3 aliphatic rings. The molecule has 0 bridgehead atoms. The fourth-order valence-corrected chi connectivity index (χ4v) is 7.72. The molecule has 3 amide bonds. The summed E-state index contributed by atoms with van der Waals surface area (Å²) in [6.07, 6.45) is -1.08. The molecule has 0 unspecified atom stereocenters. The highest BCUT2D eigenvalue weighted by atomic mass is 16.7. The highest BCUT2D eigenvalue weighted by Gasteiger charge is 2.63. The maximum atomic E-state index is 14.4. The van der Waals surface area contributed by atoms with E-state index in [0.717, 1.165) is 4.90 Å². The molecule has 18 nitrogen and oxygen atoms in total. The molecule has 57 heavy (non-hydrogen) atoms. The Morgan fingerprint density at radius 3 is 2.18 bits per heavy atom. The lowest BCUT2D eigenvalue weighted by atomic mass is 9.58. The summed E-state index contributed by atoms with van der Waals surface area (Å²) in [5, 5.41) is 48.7. The molecular weight excluding hydrogens is 746 g/mol. The van der Waals surface area contributed by atoms with Gasteiger partial charge in [0.15, 0.2) is 17.1 Å². The van der Waals surface area contributed by atoms with E-state index in [0.29, 0.717) is 17.0 Å². The number of anilines is 2. The molecule has 18 heteroatoms. The Kier molecular flexibility index (Phi) is 11.4. The molecule has 4 atom stereocenters. The van der Waals surface area contributed by atoms with E-state index in [1.165, 1.54) is 44.3 Å². The molecule has 0 saturated carbocycles. The minimum atomic E-state index is -2.82. The highest BCUT2D eigenvalue weighted by Crippen LogP contribution is 2.54. The average Bonchev–Trinajstić information content (AvgIpc) is 3.12. The summed E-state index contributed by atoms with van der Waals surface area (Å²) in [7, 11) is 7.88. The van der Waals surface area contributed by atoms with Crippen molar-refractivity contribution in [2.24, 2.45) is 17.6 Å². The van der Waals surface area contributed by atoms with E-state index in [-0.39, 0.29) is 35.2 Å². The number of phenols is 1. The lowest BCUT2D eigenvalue weighted by Crippen LogP contribution is -2.63. The van der Waals surface area contributed by atoms with Crippen LogP contribution in [0.15, 0.2) is 53.0 Å². The predicted molar refractivity (Wildman–Crippen MR) is 203 cm³/mol. The quantitative estimate of drug-likeness (QED) is 0.0872. The van der Waals surface area contributed by atoms with E-state index >= 15 is 0 Å². The first-order valence-corrected chi connectivity index (χ1v) is 17.8. The van der Waals surface area contributed by atoms with Gasteiger partial charge < -0.3 is 50.6 Å². The molecule has 2 aromatic rings. The summed E-state index contributed by atoms with van der Waals surface area (Å²) < 4.78 is 15.3. The highest BCUT2D eigenvalue weighted by molar-refractivity contribution is 6.25. The summed E-state index contributed by atoms with van der Waals surface area (Å²) in [6, 6.07) is 6.34. The number of hydrogen-bond acceptors (Lipinski definition) is 15. The number of aromatic hydroxyl groups is 1. The van der Waals surface area contributed by atoms with Crippen LogP contribution >= 0.6 is 0 Å². The number of phenolic OH excluding ortho intramolecular Hbond substituents is 1. The van der Waals surface area contributed by atoms with Gasteiger partial charge in [-0.3, -0.25) is 29.0 Å². The van der Waals surface area contributed by atoms with Crippen LogP contribution in [0, 0.1) is 11.8 Å². The number of carbonyl (C=O) groups is 6. The van der Waals surface area contributed by atoms with Crippen molar-refractivity contribution in [1.82, 2.24) is 9.80 Å². The van der Waals surface area contributed by atoms with Crippen molar-refractivity contribution in [3.8, 4) is 11.5 Å². The SMILES string of the molecule is COc1ccc(C(=O)OCOC(=O)N(CC(=O)Nc2cc(N(C)C)c3c(c2O)C(=O)C2=C(O)[C@]4(O)C(=O)C(C(N)=O)=C(O)[C@@H](N(C)C)[C@@H]4C[C@@H]2C3)C(C)(C)C)cc1. The Bertz CT molecular complexity index is 2100. The second kappa shape index (κ2) is 15.4. The summed E-state index contributed by atoms with van der Waals surface area (Å²) in [5.74, 6) is -9.11. The molecule has 5 rings (SSSR count). The summed E-state index contributed by atoms with van der Waals surface area (Å²) in [4.78, 5) is 83.6. The predicted octanol–water partition coefficient (Wildman–Crippen LogP) is 2.19. The Morgan fingerprint density at radius 1 is 1.00 bits per heavy atom. The van der Waals surface area contributed by atoms with E-state index in [1.807, 2.05) is 0 Å². The van der Waals surface area contributed by atoms with Crippen molar-refractivity contribution >= 4 is 46.8 Å². The fraction of sp³-hybridized carbons (Fsp3) is 0.436. The van der Waals surface area contributed by atoms with Gasteiger partial charge in [0, 0.05) is 36.8 Å². The van der Waals surface area contributed by atoms with Crippen LogP contribution in [0.4, 0.5) is 16.2 Å². The standard InChI is InChI=1S/C39H47N5O13/c1-38(2,3)44(37(53)57-17-56-36(52)18-9-11-20(55-8)12-10-18)16-25(45)41-23-15-24(42(4)5)21-13-19-14-22-29(43(6)7)32(48)28(35(40)51)34(50)39(22,54)33(49)26(19)31(47)27(21)30(23)46/h9-12,15,19,22,29,46,48-49,54H,13-14,16-17H2,1-8H3,(H2,40,51)(H,41,45)/t19-,22-,29-,39-/m0/s1. The van der Waals surface area contributed by atoms with Gasteiger partial charge in [0.25, 0.3) is 5.91 Å². The number of fused-ring (bicyclic) bond motifs is 3. The lowest BCUT2D eigenvalue weighted by molar-refractivity contribution is -0.148. The molecule has 306 valence electrons. The molecule has 0 aromatic heterocycles. The van der Waals surface area contributed by atoms with E-state index < -0.39 is 101 Å². The van der Waals surface area contributed by atoms with E-state index in [1.54, 1.807) is 51.9 Å². The number of nitrogens with one attached hydrogen (secondary N) is 1. The maximum Gasteiger partial charge on any atom is 0.413 e. The van der Waals surface area contributed by atoms with Gasteiger partial charge in [0.05, 0.1) is 30.0 Å². The zero-order valence-electron chi connectivity index (χ0n) is 32.8. The third kappa shape index (κ3) is 7.44. The van der Waals surface area contributed by atoms with Crippen molar-refractivity contribution < 1.29 is 63.4 Å². The van der Waals surface area contributed by atoms with Crippen LogP contribution in [0.2, 0.25) is 0 Å². The van der Waals surface area contributed by atoms with Crippen molar-refractivity contribution in [3.05, 3.63) is 69.7 Å². The number of amides is 3. The number of aliphatic hydroxyl groups excluding tert-OH is 2. The second-order valence-electron chi connectivity index (χ2n) is 15.5. The normalized spacial score (nSPS) is 21.6. The molecule has 0 fully saturated rings. The first kappa shape index (κ1) is 42.0. The van der Waals surface area contributed by atoms with Crippen molar-refractivity contribution in [2.45, 2.75) is 50.8 Å². The van der Waals surface area contributed by atoms with Gasteiger partial charge in [-0.25, -0.2) is 9.59 Å². The number of benzene rings is 2. The number of rotatable bonds is 10. The van der Waals surface area contributed by atoms with E-state index in [2.05, 4.69) is 5.32 Å². The molecule has 2 aromatic carbocycles. The van der Waals surface area contributed by atoms with Gasteiger partial charge in [0.1, 0.15) is 29.4 Å². The van der Waals surface area contributed by atoms with Gasteiger partial charge in [-0.15, -0.1) is 0 Å². The van der Waals surface area contributed by atoms with Crippen LogP contribution in [-0.2, 0) is 30.3 Å². The number of esters is 1. The van der Waals surface area contributed by atoms with Gasteiger partial charge in [-0.05, 0) is 89.5 Å². The van der Waals surface area contributed by atoms with Gasteiger partial charge >= 0.3 is 12.1 Å². The van der Waals surface area contributed by atoms with Crippen LogP contribution in [0.3, 0.4) is 0 Å². The minimum Gasteiger partial charge on any atom is -0.510 e. The van der Waals surface area contributed by atoms with E-state index in [9.17, 15) is 49.2 Å². The molecule has 0 radical (unpaired) electrons. The Balaban J connectivity index is 1.42. The monoisotopic (exact) mass is 793 g/mol. The third-order valence-electron chi connectivity index (χ3n) is 10.5. The van der Waals surface area contributed by atoms with Gasteiger partial charge in [0.2, 0.25) is 18.5 Å². The number of carbonyl (C=O) groups excluding carboxylic acids is 6. The third-order valence-corrected chi connectivity index (χ3v) is 10.5. The summed E-state index contributed by atoms with van der Waals surface area (Å²) in [5.41, 5.74) is 0.678. The minimum absolute atomic E-state index is 0.0243. The smallest absolute Gasteiger partial charge is 0.413 e. The second-order valence-corrected chi connectivity index (χ2v) is 15.5. The molecular formula is C39H47N5O13. The molecule has 0 saturated heterocycles. The van der Waals surface area contributed by atoms with Crippen LogP contribution in [-0.4, -0.2) is 131 Å². The molecule has 0 heterocycles. The zero-order chi connectivity index (χ0) is 42.5. The van der Waals surface area contributed by atoms with Crippen LogP contribution in [0.25, 0.3) is 0 Å². The Morgan fingerprint density at radius 2 is 1.63 bits per heavy atom. The summed E-state index contributed by atoms with van der Waals surface area (Å²) >= 11 is 0. The number of allylic oxidation sites excluding steroid dienone is 1. The molecule has 7 N–H and O–H groups in total. The number of ether oxygens (including phenoxy) is 3. The molecule has 3 aliphatic carbocycles. The van der Waals surface area contributed by atoms with E-state index in [4.69, 9.17) is 19.9 Å². The zero-order valence-corrected chi connectivity index (χ0v) is 32.8. The maximum absolute atomic E-state index is 14.4. The number of ketones is 2. The first-order valence-electron chi connectivity index (χ1n) is 17.8. The molecule has 0 aliphatic heterocycles. The number of nitrogens with two attached hydrogens (primary N) is 1. The Labute approximate surface area is 328 Å². The summed E-state index contributed by atoms with van der Waals surface area (Å²) in [6.45, 7) is 3.51. The van der Waals surface area contributed by atoms with Crippen molar-refractivity contribution in [1.29, 1.82) is 0 Å². The lowest BCUT2D eigenvalue weighted by Gasteiger charge is -2.50. The number of primary amides is 1. The number of methoxy groups -OCH3 is 1. The van der Waals surface area contributed by atoms with Crippen LogP contribution in [0.5, 0.6) is 11.5 Å². The van der Waals surface area contributed by atoms with Gasteiger partial charge in [-0.2, -0.15) is 0 Å². The average molecular weight is 794 g/mol. The van der Waals surface area contributed by atoms with Crippen molar-refractivity contribution in [2.75, 3.05) is 58.9 Å². The number of nitrogens with zero attached hydrogens (tertiary/aromatic N) is 3. The van der Waals surface area contributed by atoms with Crippen LogP contribution in [0.1, 0.15) is 53.5 Å².